The second-order valence-corrected chi connectivity index (χ2v) is 5.79. The van der Waals surface area contributed by atoms with E-state index in [0.29, 0.717) is 12.0 Å². The Morgan fingerprint density at radius 1 is 1.11 bits per heavy atom. The molecule has 104 valence electrons. The molecule has 1 aliphatic carbocycles. The lowest BCUT2D eigenvalue weighted by molar-refractivity contribution is 0.0819. The van der Waals surface area contributed by atoms with Gasteiger partial charge in [0.05, 0.1) is 0 Å². The summed E-state index contributed by atoms with van der Waals surface area (Å²) in [6.07, 6.45) is 2.56. The molecule has 0 radical (unpaired) electrons. The molecule has 0 bridgehead atoms. The van der Waals surface area contributed by atoms with Crippen LogP contribution in [0.1, 0.15) is 24.4 Å². The van der Waals surface area contributed by atoms with Gasteiger partial charge in [0.1, 0.15) is 5.82 Å². The lowest BCUT2D eigenvalue weighted by Crippen LogP contribution is -2.52. The molecule has 0 spiro atoms. The standard InChI is InChI=1S/C15H22FN3/c1-18-8-10-19(11-9-18)17-15(12-2-3-12)13-4-6-14(16)7-5-13/h4-7,12,15,17H,2-3,8-11H2,1H3. The van der Waals surface area contributed by atoms with Crippen LogP contribution in [0.25, 0.3) is 0 Å². The van der Waals surface area contributed by atoms with Gasteiger partial charge >= 0.3 is 0 Å². The van der Waals surface area contributed by atoms with E-state index in [-0.39, 0.29) is 5.82 Å². The third kappa shape index (κ3) is 3.32. The average molecular weight is 263 g/mol. The zero-order chi connectivity index (χ0) is 13.2. The van der Waals surface area contributed by atoms with Crippen molar-refractivity contribution in [2.45, 2.75) is 18.9 Å². The van der Waals surface area contributed by atoms with Crippen LogP contribution in [-0.4, -0.2) is 43.1 Å². The first-order valence-electron chi connectivity index (χ1n) is 7.17. The Kier molecular flexibility index (Phi) is 3.82. The molecule has 19 heavy (non-hydrogen) atoms. The Hall–Kier alpha value is -0.970. The van der Waals surface area contributed by atoms with E-state index in [4.69, 9.17) is 0 Å². The molecule has 4 heteroatoms. The number of halogens is 1. The Morgan fingerprint density at radius 2 is 1.74 bits per heavy atom. The molecule has 3 rings (SSSR count). The number of benzene rings is 1. The molecule has 1 aliphatic heterocycles. The van der Waals surface area contributed by atoms with Crippen molar-refractivity contribution in [1.82, 2.24) is 15.3 Å². The van der Waals surface area contributed by atoms with Gasteiger partial charge in [0.25, 0.3) is 0 Å². The normalized spacial score (nSPS) is 23.5. The maximum absolute atomic E-state index is 13.0. The van der Waals surface area contributed by atoms with Crippen molar-refractivity contribution in [2.75, 3.05) is 33.2 Å². The van der Waals surface area contributed by atoms with Gasteiger partial charge in [0, 0.05) is 32.2 Å². The molecule has 2 fully saturated rings. The topological polar surface area (TPSA) is 18.5 Å². The molecule has 3 nitrogen and oxygen atoms in total. The van der Waals surface area contributed by atoms with Crippen molar-refractivity contribution in [3.63, 3.8) is 0 Å². The fourth-order valence-corrected chi connectivity index (χ4v) is 2.68. The van der Waals surface area contributed by atoms with Gasteiger partial charge in [-0.05, 0) is 43.5 Å². The first kappa shape index (κ1) is 13.0. The summed E-state index contributed by atoms with van der Waals surface area (Å²) in [4.78, 5) is 2.35. The number of nitrogens with zero attached hydrogens (tertiary/aromatic N) is 2. The van der Waals surface area contributed by atoms with Crippen LogP contribution in [-0.2, 0) is 0 Å². The molecule has 1 N–H and O–H groups in total. The minimum Gasteiger partial charge on any atom is -0.304 e. The number of hydrogen-bond acceptors (Lipinski definition) is 3. The van der Waals surface area contributed by atoms with Gasteiger partial charge in [0.2, 0.25) is 0 Å². The van der Waals surface area contributed by atoms with E-state index in [9.17, 15) is 4.39 Å². The summed E-state index contributed by atoms with van der Waals surface area (Å²) >= 11 is 0. The molecule has 0 amide bonds. The second-order valence-electron chi connectivity index (χ2n) is 5.79. The maximum atomic E-state index is 13.0. The number of rotatable bonds is 4. The smallest absolute Gasteiger partial charge is 0.123 e. The molecule has 0 aromatic heterocycles. The first-order chi connectivity index (χ1) is 9.22. The van der Waals surface area contributed by atoms with E-state index in [1.165, 1.54) is 18.4 Å². The number of hydrogen-bond donors (Lipinski definition) is 1. The van der Waals surface area contributed by atoms with E-state index >= 15 is 0 Å². The SMILES string of the molecule is CN1CCN(NC(c2ccc(F)cc2)C2CC2)CC1. The summed E-state index contributed by atoms with van der Waals surface area (Å²) < 4.78 is 13.0. The largest absolute Gasteiger partial charge is 0.304 e. The summed E-state index contributed by atoms with van der Waals surface area (Å²) in [5, 5.41) is 2.33. The third-order valence-electron chi connectivity index (χ3n) is 4.15. The van der Waals surface area contributed by atoms with Gasteiger partial charge in [-0.3, -0.25) is 0 Å². The zero-order valence-corrected chi connectivity index (χ0v) is 11.5. The van der Waals surface area contributed by atoms with Gasteiger partial charge in [-0.25, -0.2) is 14.8 Å². The highest BCUT2D eigenvalue weighted by atomic mass is 19.1. The monoisotopic (exact) mass is 263 g/mol. The van der Waals surface area contributed by atoms with Crippen LogP contribution >= 0.6 is 0 Å². The molecule has 1 unspecified atom stereocenters. The Morgan fingerprint density at radius 3 is 2.32 bits per heavy atom. The van der Waals surface area contributed by atoms with Crippen LogP contribution in [0.15, 0.2) is 24.3 Å². The van der Waals surface area contributed by atoms with Crippen molar-refractivity contribution in [3.05, 3.63) is 35.6 Å². The molecule has 1 aromatic rings. The van der Waals surface area contributed by atoms with E-state index in [0.717, 1.165) is 26.2 Å². The molecule has 2 aliphatic rings. The molecule has 1 heterocycles. The molecule has 1 atom stereocenters. The van der Waals surface area contributed by atoms with Crippen molar-refractivity contribution < 1.29 is 4.39 Å². The minimum atomic E-state index is -0.155. The highest BCUT2D eigenvalue weighted by Gasteiger charge is 2.33. The molecule has 1 saturated carbocycles. The minimum absolute atomic E-state index is 0.155. The third-order valence-corrected chi connectivity index (χ3v) is 4.15. The van der Waals surface area contributed by atoms with Crippen molar-refractivity contribution in [3.8, 4) is 0 Å². The summed E-state index contributed by atoms with van der Waals surface area (Å²) in [5.74, 6) is 0.558. The van der Waals surface area contributed by atoms with Crippen LogP contribution in [0.5, 0.6) is 0 Å². The summed E-state index contributed by atoms with van der Waals surface area (Å²) in [6.45, 7) is 4.32. The molecule has 1 aromatic carbocycles. The number of piperazine rings is 1. The van der Waals surface area contributed by atoms with Gasteiger partial charge in [-0.1, -0.05) is 12.1 Å². The number of likely N-dealkylation sites (N-methyl/N-ethyl adjacent to an activating group) is 1. The average Bonchev–Trinajstić information content (AvgIpc) is 3.24. The van der Waals surface area contributed by atoms with Crippen LogP contribution in [0.2, 0.25) is 0 Å². The summed E-state index contributed by atoms with van der Waals surface area (Å²) in [7, 11) is 2.16. The van der Waals surface area contributed by atoms with E-state index in [1.54, 1.807) is 12.1 Å². The maximum Gasteiger partial charge on any atom is 0.123 e. The van der Waals surface area contributed by atoms with Gasteiger partial charge < -0.3 is 4.90 Å². The van der Waals surface area contributed by atoms with Crippen LogP contribution < -0.4 is 5.43 Å². The zero-order valence-electron chi connectivity index (χ0n) is 11.5. The number of nitrogens with one attached hydrogen (secondary N) is 1. The molecular weight excluding hydrogens is 241 g/mol. The quantitative estimate of drug-likeness (QED) is 0.896. The lowest BCUT2D eigenvalue weighted by atomic mass is 10.0. The first-order valence-corrected chi connectivity index (χ1v) is 7.17. The number of hydrazine groups is 1. The highest BCUT2D eigenvalue weighted by molar-refractivity contribution is 5.21. The van der Waals surface area contributed by atoms with Crippen LogP contribution in [0.3, 0.4) is 0 Å². The Bertz CT molecular complexity index is 408. The van der Waals surface area contributed by atoms with E-state index in [2.05, 4.69) is 22.4 Å². The van der Waals surface area contributed by atoms with Crippen LogP contribution in [0.4, 0.5) is 4.39 Å². The summed E-state index contributed by atoms with van der Waals surface area (Å²) in [6, 6.07) is 7.32. The van der Waals surface area contributed by atoms with Crippen molar-refractivity contribution in [2.24, 2.45) is 5.92 Å². The fourth-order valence-electron chi connectivity index (χ4n) is 2.68. The molecule has 1 saturated heterocycles. The predicted molar refractivity (Wildman–Crippen MR) is 74.1 cm³/mol. The van der Waals surface area contributed by atoms with E-state index in [1.807, 2.05) is 12.1 Å². The van der Waals surface area contributed by atoms with Crippen LogP contribution in [0, 0.1) is 11.7 Å². The Balaban J connectivity index is 1.66. The van der Waals surface area contributed by atoms with Gasteiger partial charge in [-0.2, -0.15) is 0 Å². The predicted octanol–water partition coefficient (Wildman–Crippen LogP) is 2.03. The lowest BCUT2D eigenvalue weighted by Gasteiger charge is -2.35. The van der Waals surface area contributed by atoms with Gasteiger partial charge in [0.15, 0.2) is 0 Å². The Labute approximate surface area is 114 Å². The van der Waals surface area contributed by atoms with Crippen molar-refractivity contribution in [1.29, 1.82) is 0 Å². The fraction of sp³-hybridized carbons (Fsp3) is 0.600. The van der Waals surface area contributed by atoms with E-state index < -0.39 is 0 Å². The highest BCUT2D eigenvalue weighted by Crippen LogP contribution is 2.41. The van der Waals surface area contributed by atoms with Crippen molar-refractivity contribution >= 4 is 0 Å². The second kappa shape index (κ2) is 5.57. The molecular formula is C15H22FN3. The summed E-state index contributed by atoms with van der Waals surface area (Å²) in [5.41, 5.74) is 4.87. The van der Waals surface area contributed by atoms with Gasteiger partial charge in [-0.15, -0.1) is 0 Å².